The third kappa shape index (κ3) is 5.72. The maximum atomic E-state index is 13.1. The summed E-state index contributed by atoms with van der Waals surface area (Å²) in [6.45, 7) is 1.26. The van der Waals surface area contributed by atoms with Gasteiger partial charge in [0.25, 0.3) is 5.91 Å². The van der Waals surface area contributed by atoms with Crippen LogP contribution in [0, 0.1) is 5.82 Å². The molecule has 1 heterocycles. The highest BCUT2D eigenvalue weighted by Gasteiger charge is 2.17. The molecule has 6 heteroatoms. The molecule has 0 spiro atoms. The van der Waals surface area contributed by atoms with E-state index in [1.54, 1.807) is 30.5 Å². The quantitative estimate of drug-likeness (QED) is 0.426. The van der Waals surface area contributed by atoms with Gasteiger partial charge in [-0.2, -0.15) is 0 Å². The lowest BCUT2D eigenvalue weighted by molar-refractivity contribution is 0.0941. The summed E-state index contributed by atoms with van der Waals surface area (Å²) in [6.07, 6.45) is 3.39. The van der Waals surface area contributed by atoms with E-state index in [9.17, 15) is 14.0 Å². The number of nitrogens with one attached hydrogen (secondary N) is 2. The van der Waals surface area contributed by atoms with Crippen LogP contribution in [0.25, 0.3) is 0 Å². The number of carbonyl (C=O) groups excluding carboxylic acids is 2. The number of hydrogen-bond donors (Lipinski definition) is 2. The summed E-state index contributed by atoms with van der Waals surface area (Å²) in [6, 6.07) is 17.6. The van der Waals surface area contributed by atoms with Crippen molar-refractivity contribution < 1.29 is 14.0 Å². The maximum Gasteiger partial charge on any atom is 0.252 e. The minimum atomic E-state index is -0.412. The van der Waals surface area contributed by atoms with Crippen LogP contribution >= 0.6 is 0 Å². The van der Waals surface area contributed by atoms with Crippen LogP contribution < -0.4 is 10.6 Å². The largest absolute Gasteiger partial charge is 0.370 e. The minimum absolute atomic E-state index is 0.297. The van der Waals surface area contributed by atoms with Gasteiger partial charge in [0, 0.05) is 30.4 Å². The molecule has 0 fully saturated rings. The molecule has 3 rings (SSSR count). The lowest BCUT2D eigenvalue weighted by Gasteiger charge is -2.10. The second-order valence-corrected chi connectivity index (χ2v) is 6.49. The molecule has 0 atom stereocenters. The average molecular weight is 391 g/mol. The molecule has 0 aliphatic carbocycles. The van der Waals surface area contributed by atoms with E-state index < -0.39 is 5.82 Å². The van der Waals surface area contributed by atoms with E-state index in [0.717, 1.165) is 25.2 Å². The van der Waals surface area contributed by atoms with Gasteiger partial charge >= 0.3 is 0 Å². The van der Waals surface area contributed by atoms with Crippen molar-refractivity contribution in [3.05, 3.63) is 95.4 Å². The third-order valence-electron chi connectivity index (χ3n) is 4.38. The second-order valence-electron chi connectivity index (χ2n) is 6.49. The highest BCUT2D eigenvalue weighted by atomic mass is 19.1. The number of ketones is 1. The Labute approximate surface area is 169 Å². The zero-order valence-electron chi connectivity index (χ0n) is 15.9. The normalized spacial score (nSPS) is 10.4. The van der Waals surface area contributed by atoms with Crippen LogP contribution in [0.4, 0.5) is 10.2 Å². The number of anilines is 1. The second kappa shape index (κ2) is 10.1. The molecule has 29 heavy (non-hydrogen) atoms. The van der Waals surface area contributed by atoms with E-state index in [4.69, 9.17) is 0 Å². The number of amides is 1. The Hall–Kier alpha value is -3.54. The number of halogens is 1. The highest BCUT2D eigenvalue weighted by Crippen LogP contribution is 2.15. The Morgan fingerprint density at radius 3 is 2.24 bits per heavy atom. The molecule has 2 N–H and O–H groups in total. The van der Waals surface area contributed by atoms with Crippen molar-refractivity contribution in [3.8, 4) is 0 Å². The van der Waals surface area contributed by atoms with E-state index in [1.165, 1.54) is 24.3 Å². The lowest BCUT2D eigenvalue weighted by Crippen LogP contribution is -2.26. The van der Waals surface area contributed by atoms with Crippen molar-refractivity contribution in [1.29, 1.82) is 0 Å². The van der Waals surface area contributed by atoms with Crippen molar-refractivity contribution in [2.24, 2.45) is 0 Å². The number of unbranched alkanes of at least 4 members (excludes halogenated alkanes) is 1. The SMILES string of the molecule is O=C(NCCCCNc1ccccn1)c1ccccc1C(=O)c1ccc(F)cc1. The molecule has 0 saturated carbocycles. The summed E-state index contributed by atoms with van der Waals surface area (Å²) < 4.78 is 13.1. The molecule has 5 nitrogen and oxygen atoms in total. The topological polar surface area (TPSA) is 71.1 Å². The van der Waals surface area contributed by atoms with E-state index in [0.29, 0.717) is 23.2 Å². The predicted molar refractivity (Wildman–Crippen MR) is 111 cm³/mol. The summed E-state index contributed by atoms with van der Waals surface area (Å²) in [5.41, 5.74) is 0.953. The minimum Gasteiger partial charge on any atom is -0.370 e. The smallest absolute Gasteiger partial charge is 0.252 e. The van der Waals surface area contributed by atoms with E-state index in [-0.39, 0.29) is 11.7 Å². The first kappa shape index (κ1) is 20.2. The Kier molecular flexibility index (Phi) is 7.05. The Balaban J connectivity index is 1.52. The first-order valence-corrected chi connectivity index (χ1v) is 9.47. The van der Waals surface area contributed by atoms with Crippen molar-refractivity contribution in [2.75, 3.05) is 18.4 Å². The molecule has 2 aromatic carbocycles. The van der Waals surface area contributed by atoms with E-state index >= 15 is 0 Å². The van der Waals surface area contributed by atoms with E-state index in [2.05, 4.69) is 15.6 Å². The average Bonchev–Trinajstić information content (AvgIpc) is 2.76. The van der Waals surface area contributed by atoms with Crippen LogP contribution in [0.5, 0.6) is 0 Å². The van der Waals surface area contributed by atoms with Gasteiger partial charge in [0.15, 0.2) is 5.78 Å². The Morgan fingerprint density at radius 1 is 0.828 bits per heavy atom. The molecule has 0 aliphatic heterocycles. The van der Waals surface area contributed by atoms with Crippen LogP contribution in [0.3, 0.4) is 0 Å². The van der Waals surface area contributed by atoms with Crippen molar-refractivity contribution in [1.82, 2.24) is 10.3 Å². The van der Waals surface area contributed by atoms with Gasteiger partial charge in [0.2, 0.25) is 0 Å². The Bertz CT molecular complexity index is 959. The van der Waals surface area contributed by atoms with Crippen LogP contribution in [-0.2, 0) is 0 Å². The third-order valence-corrected chi connectivity index (χ3v) is 4.38. The van der Waals surface area contributed by atoms with Crippen molar-refractivity contribution >= 4 is 17.5 Å². The summed E-state index contributed by atoms with van der Waals surface area (Å²) in [4.78, 5) is 29.5. The summed E-state index contributed by atoms with van der Waals surface area (Å²) in [7, 11) is 0. The van der Waals surface area contributed by atoms with Crippen LogP contribution in [-0.4, -0.2) is 29.8 Å². The molecular formula is C23H22FN3O2. The number of nitrogens with zero attached hydrogens (tertiary/aromatic N) is 1. The van der Waals surface area contributed by atoms with E-state index in [1.807, 2.05) is 18.2 Å². The summed E-state index contributed by atoms with van der Waals surface area (Å²) >= 11 is 0. The van der Waals surface area contributed by atoms with Gasteiger partial charge in [-0.1, -0.05) is 24.3 Å². The monoisotopic (exact) mass is 391 g/mol. The van der Waals surface area contributed by atoms with Crippen molar-refractivity contribution in [2.45, 2.75) is 12.8 Å². The van der Waals surface area contributed by atoms with Gasteiger partial charge in [-0.15, -0.1) is 0 Å². The fourth-order valence-electron chi connectivity index (χ4n) is 2.87. The lowest BCUT2D eigenvalue weighted by atomic mass is 9.98. The molecule has 1 amide bonds. The molecule has 148 valence electrons. The fourth-order valence-corrected chi connectivity index (χ4v) is 2.87. The zero-order valence-corrected chi connectivity index (χ0v) is 15.9. The molecule has 0 saturated heterocycles. The summed E-state index contributed by atoms with van der Waals surface area (Å²) in [5.74, 6) is -0.195. The number of carbonyl (C=O) groups is 2. The molecule has 3 aromatic rings. The number of hydrogen-bond acceptors (Lipinski definition) is 4. The number of pyridine rings is 1. The van der Waals surface area contributed by atoms with Gasteiger partial charge in [0.1, 0.15) is 11.6 Å². The van der Waals surface area contributed by atoms with Gasteiger partial charge < -0.3 is 10.6 Å². The van der Waals surface area contributed by atoms with Crippen LogP contribution in [0.1, 0.15) is 39.1 Å². The first-order valence-electron chi connectivity index (χ1n) is 9.47. The standard InChI is InChI=1S/C23H22FN3O2/c24-18-12-10-17(11-13-18)22(28)19-7-1-2-8-20(19)23(29)27-16-6-5-15-26-21-9-3-4-14-25-21/h1-4,7-14H,5-6,15-16H2,(H,25,26)(H,27,29). The van der Waals surface area contributed by atoms with Gasteiger partial charge in [-0.3, -0.25) is 9.59 Å². The van der Waals surface area contributed by atoms with Crippen LogP contribution in [0.2, 0.25) is 0 Å². The van der Waals surface area contributed by atoms with Crippen LogP contribution in [0.15, 0.2) is 72.9 Å². The molecular weight excluding hydrogens is 369 g/mol. The number of benzene rings is 2. The number of rotatable bonds is 9. The van der Waals surface area contributed by atoms with Gasteiger partial charge in [0.05, 0.1) is 5.56 Å². The first-order chi connectivity index (χ1) is 14.1. The van der Waals surface area contributed by atoms with Gasteiger partial charge in [-0.25, -0.2) is 9.37 Å². The highest BCUT2D eigenvalue weighted by molar-refractivity contribution is 6.15. The summed E-state index contributed by atoms with van der Waals surface area (Å²) in [5, 5.41) is 6.07. The molecule has 0 radical (unpaired) electrons. The maximum absolute atomic E-state index is 13.1. The molecule has 0 bridgehead atoms. The zero-order chi connectivity index (χ0) is 20.5. The molecule has 0 aliphatic rings. The Morgan fingerprint density at radius 2 is 1.52 bits per heavy atom. The van der Waals surface area contributed by atoms with Gasteiger partial charge in [-0.05, 0) is 55.3 Å². The molecule has 1 aromatic heterocycles. The number of aromatic nitrogens is 1. The molecule has 0 unspecified atom stereocenters. The fraction of sp³-hybridized carbons (Fsp3) is 0.174. The predicted octanol–water partition coefficient (Wildman–Crippen LogP) is 4.07. The van der Waals surface area contributed by atoms with Crippen molar-refractivity contribution in [3.63, 3.8) is 0 Å².